The van der Waals surface area contributed by atoms with Crippen LogP contribution in [0.3, 0.4) is 0 Å². The Hall–Kier alpha value is -6.96. The summed E-state index contributed by atoms with van der Waals surface area (Å²) >= 11 is 16.6. The van der Waals surface area contributed by atoms with E-state index in [1.54, 1.807) is 57.5 Å². The second kappa shape index (κ2) is 16.3. The number of thiophene rings is 9. The van der Waals surface area contributed by atoms with Crippen molar-refractivity contribution < 1.29 is 9.59 Å². The maximum atomic E-state index is 13.7. The second-order valence-electron chi connectivity index (χ2n) is 20.6. The number of ketones is 2. The van der Waals surface area contributed by atoms with Gasteiger partial charge in [-0.15, -0.1) is 102 Å². The summed E-state index contributed by atoms with van der Waals surface area (Å²) in [5.41, 5.74) is 11.8. The molecule has 4 aliphatic rings. The molecule has 15 heteroatoms. The Morgan fingerprint density at radius 3 is 1.16 bits per heavy atom. The quantitative estimate of drug-likeness (QED) is 0.127. The number of carbonyl (C=O) groups excluding carboxylic acids is 2. The highest BCUT2D eigenvalue weighted by atomic mass is 32.1. The zero-order chi connectivity index (χ0) is 52.9. The first-order valence-electron chi connectivity index (χ1n) is 24.3. The molecule has 0 saturated carbocycles. The van der Waals surface area contributed by atoms with Crippen molar-refractivity contribution in [2.75, 3.05) is 0 Å². The number of benzene rings is 2. The number of hydrogen-bond acceptors (Lipinski definition) is 15. The van der Waals surface area contributed by atoms with E-state index >= 15 is 0 Å². The van der Waals surface area contributed by atoms with Crippen LogP contribution in [0.2, 0.25) is 0 Å². The third-order valence-corrected chi connectivity index (χ3v) is 27.5. The van der Waals surface area contributed by atoms with Gasteiger partial charge in [-0.2, -0.15) is 21.0 Å². The Morgan fingerprint density at radius 2 is 0.779 bits per heavy atom. The predicted octanol–water partition coefficient (Wildman–Crippen LogP) is 19.6. The van der Waals surface area contributed by atoms with Crippen LogP contribution in [-0.2, 0) is 10.8 Å². The molecule has 9 heterocycles. The van der Waals surface area contributed by atoms with E-state index in [9.17, 15) is 30.6 Å². The van der Waals surface area contributed by atoms with Gasteiger partial charge in [0, 0.05) is 111 Å². The second-order valence-corrected chi connectivity index (χ2v) is 30.1. The van der Waals surface area contributed by atoms with Gasteiger partial charge in [0.2, 0.25) is 0 Å². The van der Waals surface area contributed by atoms with E-state index in [2.05, 4.69) is 65.8 Å². The van der Waals surface area contributed by atoms with E-state index in [4.69, 9.17) is 0 Å². The van der Waals surface area contributed by atoms with Crippen LogP contribution < -0.4 is 0 Å². The van der Waals surface area contributed by atoms with Gasteiger partial charge in [0.15, 0.2) is 11.6 Å². The minimum Gasteiger partial charge on any atom is -0.289 e. The number of fused-ring (bicyclic) bond motifs is 15. The van der Waals surface area contributed by atoms with Crippen LogP contribution in [0.4, 0.5) is 0 Å². The van der Waals surface area contributed by atoms with Gasteiger partial charge in [0.1, 0.15) is 35.4 Å². The van der Waals surface area contributed by atoms with Crippen LogP contribution in [0, 0.1) is 59.2 Å². The molecule has 9 aromatic heterocycles. The highest BCUT2D eigenvalue weighted by Gasteiger charge is 2.51. The van der Waals surface area contributed by atoms with Gasteiger partial charge < -0.3 is 0 Å². The minimum atomic E-state index is -0.190. The molecule has 0 radical (unpaired) electrons. The predicted molar refractivity (Wildman–Crippen MR) is 327 cm³/mol. The third kappa shape index (κ3) is 6.24. The maximum absolute atomic E-state index is 13.7. The normalized spacial score (nSPS) is 16.4. The van der Waals surface area contributed by atoms with E-state index in [0.717, 1.165) is 19.2 Å². The lowest BCUT2D eigenvalue weighted by molar-refractivity contribution is 0.103. The van der Waals surface area contributed by atoms with E-state index < -0.39 is 0 Å². The van der Waals surface area contributed by atoms with Crippen molar-refractivity contribution in [1.29, 1.82) is 21.0 Å². The first kappa shape index (κ1) is 47.3. The van der Waals surface area contributed by atoms with Crippen molar-refractivity contribution in [2.45, 2.75) is 52.4 Å². The van der Waals surface area contributed by atoms with Gasteiger partial charge >= 0.3 is 0 Å². The van der Waals surface area contributed by atoms with Crippen LogP contribution >= 0.6 is 102 Å². The molecule has 4 aliphatic carbocycles. The first-order chi connectivity index (χ1) is 37.1. The highest BCUT2D eigenvalue weighted by Crippen LogP contribution is 2.69. The summed E-state index contributed by atoms with van der Waals surface area (Å²) in [5.74, 6) is -0.326. The Bertz CT molecular complexity index is 4650. The summed E-state index contributed by atoms with van der Waals surface area (Å²) in [6, 6.07) is 31.6. The number of nitrogens with zero attached hydrogens (tertiary/aromatic N) is 4. The minimum absolute atomic E-state index is 0.0530. The molecule has 11 aromatic rings. The molecule has 77 heavy (non-hydrogen) atoms. The van der Waals surface area contributed by atoms with Gasteiger partial charge in [-0.25, -0.2) is 0 Å². The SMILES string of the molecule is Cc1c(-c2cc3sc4c(c3s2)C(C)(C)c2c-4sc3c2C(C)(C)c2c-3sc3cc(-c4sc5cc(/C=C6\C(=O)c7ccccc7C6=C(C#N)C#N)sc5c4C)sc23)sc2cc(/C=C3\C(=O)c4ccccc4C3=C(C#N)C#N)sc12. The van der Waals surface area contributed by atoms with Crippen LogP contribution in [0.1, 0.15) is 103 Å². The average molecular weight is 1150 g/mol. The van der Waals surface area contributed by atoms with Gasteiger partial charge in [-0.05, 0) is 94.8 Å². The lowest BCUT2D eigenvalue weighted by Crippen LogP contribution is -2.23. The largest absolute Gasteiger partial charge is 0.289 e. The molecular formula is C62H32N4O2S9. The molecule has 0 saturated heterocycles. The number of Topliss-reactive ketones (excluding diaryl/α,β-unsaturated/α-hetero) is 2. The lowest BCUT2D eigenvalue weighted by Gasteiger charge is -2.28. The van der Waals surface area contributed by atoms with E-state index in [1.807, 2.05) is 130 Å². The van der Waals surface area contributed by atoms with Crippen molar-refractivity contribution in [1.82, 2.24) is 0 Å². The molecule has 0 N–H and O–H groups in total. The number of nitriles is 4. The zero-order valence-electron chi connectivity index (χ0n) is 41.4. The summed E-state index contributed by atoms with van der Waals surface area (Å²) in [5, 5.41) is 39.4. The van der Waals surface area contributed by atoms with Crippen molar-refractivity contribution in [3.8, 4) is 63.3 Å². The fourth-order valence-electron chi connectivity index (χ4n) is 12.3. The monoisotopic (exact) mass is 1150 g/mol. The zero-order valence-corrected chi connectivity index (χ0v) is 48.7. The average Bonchev–Trinajstić information content (AvgIpc) is 3.60. The molecule has 0 bridgehead atoms. The van der Waals surface area contributed by atoms with Crippen molar-refractivity contribution in [3.63, 3.8) is 0 Å². The van der Waals surface area contributed by atoms with Crippen molar-refractivity contribution in [2.24, 2.45) is 0 Å². The fraction of sp³-hybridized carbons (Fsp3) is 0.129. The summed E-state index contributed by atoms with van der Waals surface area (Å²) in [6.45, 7) is 14.2. The molecular weight excluding hydrogens is 1120 g/mol. The number of allylic oxidation sites excluding steroid dienone is 6. The van der Waals surface area contributed by atoms with Gasteiger partial charge in [-0.3, -0.25) is 9.59 Å². The van der Waals surface area contributed by atoms with Gasteiger partial charge in [0.05, 0.1) is 19.2 Å². The Labute approximate surface area is 476 Å². The van der Waals surface area contributed by atoms with E-state index in [1.165, 1.54) is 101 Å². The molecule has 366 valence electrons. The fourth-order valence-corrected chi connectivity index (χ4v) is 25.5. The number of hydrogen-bond donors (Lipinski definition) is 0. The highest BCUT2D eigenvalue weighted by molar-refractivity contribution is 7.38. The summed E-state index contributed by atoms with van der Waals surface area (Å²) in [4.78, 5) is 40.0. The molecule has 0 fully saturated rings. The van der Waals surface area contributed by atoms with E-state index in [0.29, 0.717) is 44.5 Å². The first-order valence-corrected chi connectivity index (χ1v) is 31.7. The van der Waals surface area contributed by atoms with Crippen molar-refractivity contribution in [3.05, 3.63) is 160 Å². The Kier molecular flexibility index (Phi) is 10.0. The lowest BCUT2D eigenvalue weighted by atomic mass is 9.74. The van der Waals surface area contributed by atoms with Crippen LogP contribution in [0.5, 0.6) is 0 Å². The Morgan fingerprint density at radius 1 is 0.429 bits per heavy atom. The number of carbonyl (C=O) groups is 2. The summed E-state index contributed by atoms with van der Waals surface area (Å²) in [7, 11) is 0. The van der Waals surface area contributed by atoms with Crippen LogP contribution in [0.15, 0.2) is 95.1 Å². The smallest absolute Gasteiger partial charge is 0.194 e. The molecule has 0 aliphatic heterocycles. The molecule has 0 amide bonds. The van der Waals surface area contributed by atoms with Gasteiger partial charge in [0.25, 0.3) is 0 Å². The summed E-state index contributed by atoms with van der Waals surface area (Å²) < 4.78 is 10.1. The summed E-state index contributed by atoms with van der Waals surface area (Å²) in [6.07, 6.45) is 3.72. The maximum Gasteiger partial charge on any atom is 0.194 e. The standard InChI is InChI=1S/C62H32N4O2S9/c1-25-51-37(17-29(69-51)15-35-43(27(21-63)22-64)31-11-7-9-13-33(31)49(35)67)71-53(25)39-19-41-55(73-39)47-59(75-41)57-45(61(47,3)4)46-58(77-57)60-48(62(46,5)6)56-42(76-60)20-40(74-56)54-26(2)52-38(72-54)18-30(70-52)16-36-44(28(23-65)24-66)32-12-8-10-14-34(32)50(36)68/h7-20H,1-6H3/b35-15-,36-16-. The number of rotatable bonds is 4. The number of aryl methyl sites for hydroxylation is 2. The van der Waals surface area contributed by atoms with Crippen LogP contribution in [-0.4, -0.2) is 11.6 Å². The molecule has 0 spiro atoms. The molecule has 2 aromatic carbocycles. The van der Waals surface area contributed by atoms with Crippen LogP contribution in [0.25, 0.3) is 99.9 Å². The van der Waals surface area contributed by atoms with E-state index in [-0.39, 0.29) is 33.5 Å². The Balaban J connectivity index is 0.738. The molecule has 0 unspecified atom stereocenters. The topological polar surface area (TPSA) is 129 Å². The molecule has 0 atom stereocenters. The van der Waals surface area contributed by atoms with Gasteiger partial charge in [-0.1, -0.05) is 76.2 Å². The third-order valence-electron chi connectivity index (χ3n) is 15.6. The molecule has 6 nitrogen and oxygen atoms in total. The van der Waals surface area contributed by atoms with Crippen molar-refractivity contribution >= 4 is 174 Å². The molecule has 15 rings (SSSR count).